The molecule has 0 radical (unpaired) electrons. The zero-order valence-electron chi connectivity index (χ0n) is 15.1. The van der Waals surface area contributed by atoms with Gasteiger partial charge in [0.05, 0.1) is 12.9 Å². The summed E-state index contributed by atoms with van der Waals surface area (Å²) in [7, 11) is 1.85. The largest absolute Gasteiger partial charge is 0.496 e. The van der Waals surface area contributed by atoms with E-state index in [0.29, 0.717) is 17.2 Å². The molecule has 6 nitrogen and oxygen atoms in total. The van der Waals surface area contributed by atoms with Gasteiger partial charge in [-0.3, -0.25) is 9.00 Å². The Labute approximate surface area is 160 Å². The minimum absolute atomic E-state index is 0.0872. The third kappa shape index (κ3) is 4.62. The van der Waals surface area contributed by atoms with Crippen LogP contribution >= 0.6 is 0 Å². The smallest absolute Gasteiger partial charge is 0.239 e. The summed E-state index contributed by atoms with van der Waals surface area (Å²) in [4.78, 5) is 13.8. The Morgan fingerprint density at radius 2 is 1.85 bits per heavy atom. The second-order valence-corrected chi connectivity index (χ2v) is 7.35. The second kappa shape index (κ2) is 8.64. The average molecular weight is 384 g/mol. The van der Waals surface area contributed by atoms with Crippen LogP contribution in [0.4, 0.5) is 5.69 Å². The lowest BCUT2D eigenvalue weighted by Gasteiger charge is -2.16. The van der Waals surface area contributed by atoms with E-state index in [0.717, 1.165) is 11.3 Å². The molecular formula is C20H20N2O4S. The SMILES string of the molecule is COc1ccccc1-c1cc(C[S@](=O)CC(=O)N(C)c2ccccc2)on1. The summed E-state index contributed by atoms with van der Waals surface area (Å²) in [6.45, 7) is 0. The quantitative estimate of drug-likeness (QED) is 0.625. The number of anilines is 1. The van der Waals surface area contributed by atoms with Gasteiger partial charge in [0.2, 0.25) is 5.91 Å². The number of aromatic nitrogens is 1. The molecule has 3 aromatic rings. The molecule has 140 valence electrons. The van der Waals surface area contributed by atoms with Crippen LogP contribution in [0.25, 0.3) is 11.3 Å². The lowest BCUT2D eigenvalue weighted by molar-refractivity contribution is -0.115. The molecule has 2 aromatic carbocycles. The van der Waals surface area contributed by atoms with Gasteiger partial charge in [-0.05, 0) is 24.3 Å². The molecule has 1 heterocycles. The number of carbonyl (C=O) groups is 1. The number of rotatable bonds is 7. The maximum Gasteiger partial charge on any atom is 0.239 e. The number of nitrogens with zero attached hydrogens (tertiary/aromatic N) is 2. The summed E-state index contributed by atoms with van der Waals surface area (Å²) in [5.74, 6) is 0.957. The number of methoxy groups -OCH3 is 1. The van der Waals surface area contributed by atoms with E-state index in [1.165, 1.54) is 4.90 Å². The van der Waals surface area contributed by atoms with Crippen LogP contribution in [0.5, 0.6) is 5.75 Å². The topological polar surface area (TPSA) is 72.6 Å². The molecule has 0 saturated heterocycles. The van der Waals surface area contributed by atoms with E-state index in [1.807, 2.05) is 54.6 Å². The Hall–Kier alpha value is -2.93. The van der Waals surface area contributed by atoms with Crippen molar-refractivity contribution in [3.05, 3.63) is 66.4 Å². The van der Waals surface area contributed by atoms with Gasteiger partial charge in [0.15, 0.2) is 0 Å². The molecule has 0 aliphatic carbocycles. The van der Waals surface area contributed by atoms with E-state index in [4.69, 9.17) is 9.26 Å². The highest BCUT2D eigenvalue weighted by molar-refractivity contribution is 7.84. The molecular weight excluding hydrogens is 364 g/mol. The minimum Gasteiger partial charge on any atom is -0.496 e. The fourth-order valence-electron chi connectivity index (χ4n) is 2.60. The van der Waals surface area contributed by atoms with Gasteiger partial charge in [0.25, 0.3) is 0 Å². The summed E-state index contributed by atoms with van der Waals surface area (Å²) in [6.07, 6.45) is 0. The van der Waals surface area contributed by atoms with E-state index < -0.39 is 10.8 Å². The third-order valence-electron chi connectivity index (χ3n) is 4.05. The van der Waals surface area contributed by atoms with E-state index in [-0.39, 0.29) is 17.4 Å². The molecule has 7 heteroatoms. The van der Waals surface area contributed by atoms with Crippen LogP contribution in [0.15, 0.2) is 65.2 Å². The second-order valence-electron chi connectivity index (χ2n) is 5.90. The van der Waals surface area contributed by atoms with Crippen LogP contribution < -0.4 is 9.64 Å². The van der Waals surface area contributed by atoms with Crippen molar-refractivity contribution < 1.29 is 18.3 Å². The Balaban J connectivity index is 1.63. The maximum atomic E-state index is 12.4. The van der Waals surface area contributed by atoms with Crippen LogP contribution in [-0.2, 0) is 21.3 Å². The lowest BCUT2D eigenvalue weighted by atomic mass is 10.1. The molecule has 0 unspecified atom stereocenters. The van der Waals surface area contributed by atoms with Gasteiger partial charge in [-0.2, -0.15) is 0 Å². The summed E-state index contributed by atoms with van der Waals surface area (Å²) in [6, 6.07) is 18.4. The van der Waals surface area contributed by atoms with E-state index in [9.17, 15) is 9.00 Å². The van der Waals surface area contributed by atoms with Gasteiger partial charge in [0, 0.05) is 35.2 Å². The molecule has 0 saturated carbocycles. The van der Waals surface area contributed by atoms with Gasteiger partial charge in [-0.25, -0.2) is 0 Å². The van der Waals surface area contributed by atoms with Gasteiger partial charge in [0.1, 0.15) is 23.0 Å². The van der Waals surface area contributed by atoms with E-state index in [2.05, 4.69) is 5.16 Å². The molecule has 1 aromatic heterocycles. The standard InChI is InChI=1S/C20H20N2O4S/c1-22(15-8-4-3-5-9-15)20(23)14-27(24)13-16-12-18(21-26-16)17-10-6-7-11-19(17)25-2/h3-12H,13-14H2,1-2H3/t27-/m0/s1. The molecule has 1 amide bonds. The van der Waals surface area contributed by atoms with Crippen LogP contribution in [0.1, 0.15) is 5.76 Å². The molecule has 0 N–H and O–H groups in total. The number of ether oxygens (including phenoxy) is 1. The van der Waals surface area contributed by atoms with Crippen LogP contribution in [-0.4, -0.2) is 35.2 Å². The molecule has 0 bridgehead atoms. The van der Waals surface area contributed by atoms with Crippen molar-refractivity contribution in [2.45, 2.75) is 5.75 Å². The number of para-hydroxylation sites is 2. The molecule has 0 aliphatic rings. The summed E-state index contributed by atoms with van der Waals surface area (Å²) in [5.41, 5.74) is 2.16. The molecule has 0 fully saturated rings. The van der Waals surface area contributed by atoms with Crippen LogP contribution in [0, 0.1) is 0 Å². The molecule has 0 spiro atoms. The predicted molar refractivity (Wildman–Crippen MR) is 105 cm³/mol. The van der Waals surface area contributed by atoms with E-state index in [1.54, 1.807) is 20.2 Å². The number of amides is 1. The predicted octanol–water partition coefficient (Wildman–Crippen LogP) is 3.26. The first-order valence-corrected chi connectivity index (χ1v) is 9.83. The van der Waals surface area contributed by atoms with Crippen molar-refractivity contribution in [2.75, 3.05) is 24.8 Å². The fourth-order valence-corrected chi connectivity index (χ4v) is 3.63. The first-order chi connectivity index (χ1) is 13.1. The van der Waals surface area contributed by atoms with Crippen molar-refractivity contribution in [1.29, 1.82) is 0 Å². The highest BCUT2D eigenvalue weighted by atomic mass is 32.2. The zero-order valence-corrected chi connectivity index (χ0v) is 15.9. The first kappa shape index (κ1) is 18.8. The van der Waals surface area contributed by atoms with Gasteiger partial charge in [-0.1, -0.05) is 35.5 Å². The first-order valence-electron chi connectivity index (χ1n) is 8.34. The lowest BCUT2D eigenvalue weighted by Crippen LogP contribution is -2.30. The number of hydrogen-bond donors (Lipinski definition) is 0. The summed E-state index contributed by atoms with van der Waals surface area (Å²) < 4.78 is 23.0. The Kier molecular flexibility index (Phi) is 6.03. The molecule has 1 atom stereocenters. The van der Waals surface area contributed by atoms with E-state index >= 15 is 0 Å². The fraction of sp³-hybridized carbons (Fsp3) is 0.200. The van der Waals surface area contributed by atoms with Crippen molar-refractivity contribution in [3.8, 4) is 17.0 Å². The maximum absolute atomic E-state index is 12.4. The summed E-state index contributed by atoms with van der Waals surface area (Å²) >= 11 is 0. The Bertz CT molecular complexity index is 940. The highest BCUT2D eigenvalue weighted by Crippen LogP contribution is 2.29. The Morgan fingerprint density at radius 3 is 2.59 bits per heavy atom. The third-order valence-corrected chi connectivity index (χ3v) is 5.22. The van der Waals surface area contributed by atoms with Gasteiger partial charge in [-0.15, -0.1) is 0 Å². The van der Waals surface area contributed by atoms with Crippen LogP contribution in [0.2, 0.25) is 0 Å². The van der Waals surface area contributed by atoms with Crippen molar-refractivity contribution in [2.24, 2.45) is 0 Å². The Morgan fingerprint density at radius 1 is 1.15 bits per heavy atom. The molecule has 3 rings (SSSR count). The minimum atomic E-state index is -1.40. The number of hydrogen-bond acceptors (Lipinski definition) is 5. The van der Waals surface area contributed by atoms with Crippen molar-refractivity contribution in [3.63, 3.8) is 0 Å². The normalized spacial score (nSPS) is 11.8. The van der Waals surface area contributed by atoms with Gasteiger partial charge >= 0.3 is 0 Å². The zero-order chi connectivity index (χ0) is 19.2. The van der Waals surface area contributed by atoms with Crippen LogP contribution in [0.3, 0.4) is 0 Å². The number of benzene rings is 2. The molecule has 0 aliphatic heterocycles. The highest BCUT2D eigenvalue weighted by Gasteiger charge is 2.17. The van der Waals surface area contributed by atoms with Gasteiger partial charge < -0.3 is 14.2 Å². The van der Waals surface area contributed by atoms with Crippen molar-refractivity contribution in [1.82, 2.24) is 5.16 Å². The monoisotopic (exact) mass is 384 g/mol. The summed E-state index contributed by atoms with van der Waals surface area (Å²) in [5, 5.41) is 4.03. The number of carbonyl (C=O) groups excluding carboxylic acids is 1. The average Bonchev–Trinajstić information content (AvgIpc) is 3.16. The molecule has 27 heavy (non-hydrogen) atoms. The van der Waals surface area contributed by atoms with Crippen molar-refractivity contribution >= 4 is 22.4 Å².